The molecule has 2 nitrogen and oxygen atoms in total. The number of benzene rings is 1. The van der Waals surface area contributed by atoms with Crippen LogP contribution in [0, 0.1) is 6.92 Å². The van der Waals surface area contributed by atoms with Crippen molar-refractivity contribution in [3.05, 3.63) is 57.8 Å². The van der Waals surface area contributed by atoms with Crippen molar-refractivity contribution in [3.63, 3.8) is 0 Å². The van der Waals surface area contributed by atoms with Crippen molar-refractivity contribution in [1.82, 2.24) is 4.90 Å². The van der Waals surface area contributed by atoms with Gasteiger partial charge in [-0.3, -0.25) is 4.90 Å². The minimum atomic E-state index is 0.336. The number of likely N-dealkylation sites (N-methyl/N-ethyl adjacent to an activating group) is 1. The molecule has 1 aromatic heterocycles. The highest BCUT2D eigenvalue weighted by Gasteiger charge is 2.16. The van der Waals surface area contributed by atoms with Gasteiger partial charge in [0.2, 0.25) is 0 Å². The lowest BCUT2D eigenvalue weighted by molar-refractivity contribution is 0.256. The van der Waals surface area contributed by atoms with Crippen LogP contribution in [0.4, 0.5) is 0 Å². The Morgan fingerprint density at radius 2 is 1.89 bits per heavy atom. The molecule has 1 atom stereocenters. The molecule has 0 aliphatic carbocycles. The summed E-state index contributed by atoms with van der Waals surface area (Å²) in [4.78, 5) is 5.08. The average Bonchev–Trinajstić information content (AvgIpc) is 2.85. The first-order valence-corrected chi connectivity index (χ1v) is 7.53. The molecule has 0 bridgehead atoms. The monoisotopic (exact) mass is 274 g/mol. The number of nitrogens with two attached hydrogens (primary N) is 1. The van der Waals surface area contributed by atoms with Gasteiger partial charge in [-0.05, 0) is 38.1 Å². The minimum absolute atomic E-state index is 0.336. The van der Waals surface area contributed by atoms with Crippen LogP contribution >= 0.6 is 11.3 Å². The van der Waals surface area contributed by atoms with Gasteiger partial charge in [-0.25, -0.2) is 0 Å². The lowest BCUT2D eigenvalue weighted by Gasteiger charge is -2.26. The van der Waals surface area contributed by atoms with Crippen molar-refractivity contribution in [3.8, 4) is 0 Å². The van der Waals surface area contributed by atoms with Crippen LogP contribution in [0.3, 0.4) is 0 Å². The van der Waals surface area contributed by atoms with Crippen molar-refractivity contribution in [1.29, 1.82) is 0 Å². The van der Waals surface area contributed by atoms with Gasteiger partial charge in [-0.1, -0.05) is 30.3 Å². The predicted octanol–water partition coefficient (Wildman–Crippen LogP) is 3.23. The molecule has 2 N–H and O–H groups in total. The van der Waals surface area contributed by atoms with Crippen molar-refractivity contribution < 1.29 is 0 Å². The summed E-state index contributed by atoms with van der Waals surface area (Å²) in [6.45, 7) is 3.85. The lowest BCUT2D eigenvalue weighted by atomic mass is 10.1. The quantitative estimate of drug-likeness (QED) is 0.876. The smallest absolute Gasteiger partial charge is 0.0562 e. The maximum absolute atomic E-state index is 5.95. The van der Waals surface area contributed by atoms with Gasteiger partial charge in [0.1, 0.15) is 0 Å². The molecular weight excluding hydrogens is 252 g/mol. The molecule has 0 aliphatic rings. The van der Waals surface area contributed by atoms with E-state index < -0.39 is 0 Å². The van der Waals surface area contributed by atoms with Crippen molar-refractivity contribution >= 4 is 11.3 Å². The predicted molar refractivity (Wildman–Crippen MR) is 83.6 cm³/mol. The van der Waals surface area contributed by atoms with Crippen LogP contribution in [0.1, 0.15) is 21.4 Å². The lowest BCUT2D eigenvalue weighted by Crippen LogP contribution is -2.31. The van der Waals surface area contributed by atoms with E-state index in [0.29, 0.717) is 12.6 Å². The van der Waals surface area contributed by atoms with E-state index in [1.807, 2.05) is 11.3 Å². The molecule has 0 saturated heterocycles. The topological polar surface area (TPSA) is 29.3 Å². The van der Waals surface area contributed by atoms with Crippen molar-refractivity contribution in [2.75, 3.05) is 20.1 Å². The summed E-state index contributed by atoms with van der Waals surface area (Å²) >= 11 is 1.85. The fourth-order valence-electron chi connectivity index (χ4n) is 2.25. The molecule has 3 heteroatoms. The third-order valence-corrected chi connectivity index (χ3v) is 4.54. The highest BCUT2D eigenvalue weighted by Crippen LogP contribution is 2.26. The Hall–Kier alpha value is -1.16. The van der Waals surface area contributed by atoms with Gasteiger partial charge in [0.25, 0.3) is 0 Å². The fourth-order valence-corrected chi connectivity index (χ4v) is 3.31. The Morgan fingerprint density at radius 1 is 1.16 bits per heavy atom. The van der Waals surface area contributed by atoms with Gasteiger partial charge in [0.05, 0.1) is 6.04 Å². The van der Waals surface area contributed by atoms with Crippen LogP contribution in [0.25, 0.3) is 0 Å². The SMILES string of the molecule is Cc1ccc(C(CN)N(C)CCc2ccccc2)s1. The molecule has 0 saturated carbocycles. The molecule has 1 unspecified atom stereocenters. The molecule has 19 heavy (non-hydrogen) atoms. The second-order valence-corrected chi connectivity index (χ2v) is 6.24. The minimum Gasteiger partial charge on any atom is -0.329 e. The zero-order valence-electron chi connectivity index (χ0n) is 11.7. The third-order valence-electron chi connectivity index (χ3n) is 3.44. The van der Waals surface area contributed by atoms with Crippen LogP contribution in [0.5, 0.6) is 0 Å². The molecule has 0 amide bonds. The van der Waals surface area contributed by atoms with E-state index in [1.165, 1.54) is 15.3 Å². The number of nitrogens with zero attached hydrogens (tertiary/aromatic N) is 1. The molecule has 0 fully saturated rings. The van der Waals surface area contributed by atoms with Gasteiger partial charge in [-0.2, -0.15) is 0 Å². The summed E-state index contributed by atoms with van der Waals surface area (Å²) in [5.41, 5.74) is 7.33. The van der Waals surface area contributed by atoms with Gasteiger partial charge < -0.3 is 5.73 Å². The molecular formula is C16H22N2S. The van der Waals surface area contributed by atoms with Crippen LogP contribution in [0.15, 0.2) is 42.5 Å². The van der Waals surface area contributed by atoms with E-state index in [1.54, 1.807) is 0 Å². The molecule has 1 aromatic carbocycles. The molecule has 102 valence electrons. The zero-order valence-corrected chi connectivity index (χ0v) is 12.5. The van der Waals surface area contributed by atoms with Crippen LogP contribution in [0.2, 0.25) is 0 Å². The summed E-state index contributed by atoms with van der Waals surface area (Å²) in [6.07, 6.45) is 1.07. The van der Waals surface area contributed by atoms with E-state index in [4.69, 9.17) is 5.73 Å². The number of hydrogen-bond donors (Lipinski definition) is 1. The Balaban J connectivity index is 1.96. The molecule has 0 spiro atoms. The third kappa shape index (κ3) is 3.90. The van der Waals surface area contributed by atoms with Crippen molar-refractivity contribution in [2.45, 2.75) is 19.4 Å². The van der Waals surface area contributed by atoms with Gasteiger partial charge >= 0.3 is 0 Å². The summed E-state index contributed by atoms with van der Waals surface area (Å²) in [6, 6.07) is 15.3. The summed E-state index contributed by atoms with van der Waals surface area (Å²) in [7, 11) is 2.16. The summed E-state index contributed by atoms with van der Waals surface area (Å²) in [5.74, 6) is 0. The molecule has 2 aromatic rings. The normalized spacial score (nSPS) is 12.8. The van der Waals surface area contributed by atoms with Crippen LogP contribution in [-0.4, -0.2) is 25.0 Å². The van der Waals surface area contributed by atoms with Crippen LogP contribution in [-0.2, 0) is 6.42 Å². The van der Waals surface area contributed by atoms with E-state index in [-0.39, 0.29) is 0 Å². The highest BCUT2D eigenvalue weighted by molar-refractivity contribution is 7.12. The van der Waals surface area contributed by atoms with E-state index in [2.05, 4.69) is 61.3 Å². The first-order valence-electron chi connectivity index (χ1n) is 6.71. The fraction of sp³-hybridized carbons (Fsp3) is 0.375. The molecule has 0 aliphatic heterocycles. The van der Waals surface area contributed by atoms with Crippen molar-refractivity contribution in [2.24, 2.45) is 5.73 Å². The van der Waals surface area contributed by atoms with Crippen LogP contribution < -0.4 is 5.73 Å². The standard InChI is InChI=1S/C16H22N2S/c1-13-8-9-16(19-13)15(12-17)18(2)11-10-14-6-4-3-5-7-14/h3-9,15H,10-12,17H2,1-2H3. The Kier molecular flexibility index (Phi) is 5.14. The molecule has 2 rings (SSSR count). The number of hydrogen-bond acceptors (Lipinski definition) is 3. The van der Waals surface area contributed by atoms with Gasteiger partial charge in [-0.15, -0.1) is 11.3 Å². The Bertz CT molecular complexity index is 492. The second kappa shape index (κ2) is 6.85. The second-order valence-electron chi connectivity index (χ2n) is 4.92. The Morgan fingerprint density at radius 3 is 2.47 bits per heavy atom. The maximum atomic E-state index is 5.95. The first kappa shape index (κ1) is 14.3. The van der Waals surface area contributed by atoms with Gasteiger partial charge in [0, 0.05) is 22.8 Å². The molecule has 0 radical (unpaired) electrons. The number of rotatable bonds is 6. The highest BCUT2D eigenvalue weighted by atomic mass is 32.1. The average molecular weight is 274 g/mol. The zero-order chi connectivity index (χ0) is 13.7. The molecule has 1 heterocycles. The largest absolute Gasteiger partial charge is 0.329 e. The number of thiophene rings is 1. The maximum Gasteiger partial charge on any atom is 0.0562 e. The summed E-state index contributed by atoms with van der Waals surface area (Å²) in [5, 5.41) is 0. The van der Waals surface area contributed by atoms with E-state index >= 15 is 0 Å². The van der Waals surface area contributed by atoms with E-state index in [0.717, 1.165) is 13.0 Å². The number of aryl methyl sites for hydroxylation is 1. The van der Waals surface area contributed by atoms with E-state index in [9.17, 15) is 0 Å². The Labute approximate surface area is 119 Å². The summed E-state index contributed by atoms with van der Waals surface area (Å²) < 4.78 is 0. The first-order chi connectivity index (χ1) is 9.20. The van der Waals surface area contributed by atoms with Gasteiger partial charge in [0.15, 0.2) is 0 Å².